The summed E-state index contributed by atoms with van der Waals surface area (Å²) in [5.74, 6) is -1.38. The van der Waals surface area contributed by atoms with E-state index >= 15 is 0 Å². The van der Waals surface area contributed by atoms with Crippen molar-refractivity contribution >= 4 is 31.7 Å². The van der Waals surface area contributed by atoms with Gasteiger partial charge in [-0.15, -0.1) is 0 Å². The molecule has 130 valence electrons. The molecule has 1 atom stereocenters. The van der Waals surface area contributed by atoms with E-state index in [4.69, 9.17) is 9.84 Å². The molecule has 23 heavy (non-hydrogen) atoms. The summed E-state index contributed by atoms with van der Waals surface area (Å²) in [7, 11) is -6.65. The van der Waals surface area contributed by atoms with Crippen LogP contribution in [0.4, 0.5) is 5.69 Å². The van der Waals surface area contributed by atoms with Crippen LogP contribution in [0.3, 0.4) is 0 Å². The van der Waals surface area contributed by atoms with E-state index < -0.39 is 37.0 Å². The number of hydrogen-bond acceptors (Lipinski definition) is 6. The summed E-state index contributed by atoms with van der Waals surface area (Å²) in [6.07, 6.45) is 0. The van der Waals surface area contributed by atoms with Gasteiger partial charge in [0.15, 0.2) is 0 Å². The fraction of sp³-hybridized carbons (Fsp3) is 0.417. The number of benzene rings is 1. The van der Waals surface area contributed by atoms with Gasteiger partial charge in [0, 0.05) is 6.07 Å². The Kier molecular flexibility index (Phi) is 5.97. The Morgan fingerprint density at radius 2 is 1.91 bits per heavy atom. The predicted octanol–water partition coefficient (Wildman–Crippen LogP) is 0.208. The number of methoxy groups -OCH3 is 1. The van der Waals surface area contributed by atoms with Crippen molar-refractivity contribution in [1.29, 1.82) is 0 Å². The average Bonchev–Trinajstić information content (AvgIpc) is 2.45. The lowest BCUT2D eigenvalue weighted by molar-refractivity contribution is -0.138. The first-order chi connectivity index (χ1) is 10.5. The maximum atomic E-state index is 12.3. The largest absolute Gasteiger partial charge is 0.497 e. The minimum atomic E-state index is -4.25. The zero-order valence-corrected chi connectivity index (χ0v) is 14.4. The van der Waals surface area contributed by atoms with Gasteiger partial charge in [-0.25, -0.2) is 16.8 Å². The number of carbonyl (C=O) groups is 1. The molecule has 0 fully saturated rings. The summed E-state index contributed by atoms with van der Waals surface area (Å²) in [5.41, 5.74) is -0.226. The van der Waals surface area contributed by atoms with Gasteiger partial charge in [0.05, 0.1) is 18.6 Å². The molecule has 0 aliphatic heterocycles. The van der Waals surface area contributed by atoms with Crippen LogP contribution in [0.1, 0.15) is 13.8 Å². The van der Waals surface area contributed by atoms with Crippen molar-refractivity contribution in [3.05, 3.63) is 18.2 Å². The highest BCUT2D eigenvalue weighted by Gasteiger charge is 2.25. The molecule has 1 aromatic rings. The third kappa shape index (κ3) is 5.08. The molecule has 0 aliphatic carbocycles. The molecule has 0 heterocycles. The summed E-state index contributed by atoms with van der Waals surface area (Å²) in [6, 6.07) is 2.28. The Bertz CT molecular complexity index is 788. The van der Waals surface area contributed by atoms with Gasteiger partial charge in [-0.2, -0.15) is 4.72 Å². The number of anilines is 1. The van der Waals surface area contributed by atoms with Crippen molar-refractivity contribution in [2.45, 2.75) is 24.8 Å². The van der Waals surface area contributed by atoms with Gasteiger partial charge < -0.3 is 9.84 Å². The SMILES string of the molecule is CCS(=O)(=O)Nc1cc(OC)ccc1S(=O)(=O)N[C@H](C)C(=O)O. The molecule has 0 aliphatic rings. The molecule has 0 unspecified atom stereocenters. The first kappa shape index (κ1) is 19.2. The summed E-state index contributed by atoms with van der Waals surface area (Å²) in [6.45, 7) is 2.54. The second-order valence-corrected chi connectivity index (χ2v) is 8.24. The summed E-state index contributed by atoms with van der Waals surface area (Å²) in [5, 5.41) is 8.81. The van der Waals surface area contributed by atoms with E-state index in [0.717, 1.165) is 13.0 Å². The summed E-state index contributed by atoms with van der Waals surface area (Å²) >= 11 is 0. The fourth-order valence-electron chi connectivity index (χ4n) is 1.54. The number of nitrogens with one attached hydrogen (secondary N) is 2. The third-order valence-corrected chi connectivity index (χ3v) is 5.71. The Balaban J connectivity index is 3.37. The lowest BCUT2D eigenvalue weighted by atomic mass is 10.3. The van der Waals surface area contributed by atoms with E-state index in [1.165, 1.54) is 26.2 Å². The van der Waals surface area contributed by atoms with Crippen LogP contribution < -0.4 is 14.2 Å². The molecular weight excluding hydrogens is 348 g/mol. The van der Waals surface area contributed by atoms with Crippen LogP contribution in [0.5, 0.6) is 5.75 Å². The molecule has 0 saturated carbocycles. The molecule has 0 saturated heterocycles. The van der Waals surface area contributed by atoms with E-state index in [2.05, 4.69) is 4.72 Å². The molecule has 0 bridgehead atoms. The number of carboxylic acid groups (broad SMARTS) is 1. The topological polar surface area (TPSA) is 139 Å². The van der Waals surface area contributed by atoms with Crippen LogP contribution in [0.2, 0.25) is 0 Å². The number of hydrogen-bond donors (Lipinski definition) is 3. The third-order valence-electron chi connectivity index (χ3n) is 2.82. The summed E-state index contributed by atoms with van der Waals surface area (Å²) < 4.78 is 57.1. The summed E-state index contributed by atoms with van der Waals surface area (Å²) in [4.78, 5) is 10.4. The van der Waals surface area contributed by atoms with E-state index in [0.29, 0.717) is 0 Å². The minimum Gasteiger partial charge on any atom is -0.497 e. The molecule has 0 radical (unpaired) electrons. The van der Waals surface area contributed by atoms with Gasteiger partial charge in [-0.05, 0) is 26.0 Å². The van der Waals surface area contributed by atoms with Crippen LogP contribution in [0.25, 0.3) is 0 Å². The highest BCUT2D eigenvalue weighted by Crippen LogP contribution is 2.27. The Morgan fingerprint density at radius 3 is 2.39 bits per heavy atom. The molecule has 0 spiro atoms. The van der Waals surface area contributed by atoms with Crippen molar-refractivity contribution in [1.82, 2.24) is 4.72 Å². The molecule has 3 N–H and O–H groups in total. The van der Waals surface area contributed by atoms with Crippen LogP contribution in [-0.2, 0) is 24.8 Å². The normalized spacial score (nSPS) is 13.3. The first-order valence-electron chi connectivity index (χ1n) is 6.46. The van der Waals surface area contributed by atoms with Gasteiger partial charge in [0.25, 0.3) is 0 Å². The highest BCUT2D eigenvalue weighted by molar-refractivity contribution is 7.93. The number of ether oxygens (including phenoxy) is 1. The van der Waals surface area contributed by atoms with Crippen molar-refractivity contribution in [2.24, 2.45) is 0 Å². The van der Waals surface area contributed by atoms with E-state index in [9.17, 15) is 21.6 Å². The Hall–Kier alpha value is -1.85. The fourth-order valence-corrected chi connectivity index (χ4v) is 3.59. The highest BCUT2D eigenvalue weighted by atomic mass is 32.2. The second-order valence-electron chi connectivity index (χ2n) is 4.55. The van der Waals surface area contributed by atoms with Crippen molar-refractivity contribution in [3.63, 3.8) is 0 Å². The van der Waals surface area contributed by atoms with Gasteiger partial charge in [0.1, 0.15) is 16.7 Å². The van der Waals surface area contributed by atoms with Gasteiger partial charge in [-0.1, -0.05) is 0 Å². The Labute approximate surface area is 134 Å². The number of rotatable bonds is 8. The van der Waals surface area contributed by atoms with Crippen LogP contribution in [-0.4, -0.2) is 46.8 Å². The average molecular weight is 366 g/mol. The smallest absolute Gasteiger partial charge is 0.321 e. The van der Waals surface area contributed by atoms with Crippen LogP contribution in [0.15, 0.2) is 23.1 Å². The maximum absolute atomic E-state index is 12.3. The standard InChI is InChI=1S/C12H18N2O7S2/c1-4-22(17,18)14-10-7-9(21-3)5-6-11(10)23(19,20)13-8(2)12(15)16/h5-8,13-14H,4H2,1-3H3,(H,15,16)/t8-/m1/s1. The van der Waals surface area contributed by atoms with E-state index in [1.54, 1.807) is 0 Å². The van der Waals surface area contributed by atoms with E-state index in [1.807, 2.05) is 4.72 Å². The van der Waals surface area contributed by atoms with Crippen molar-refractivity contribution in [3.8, 4) is 5.75 Å². The number of aliphatic carboxylic acids is 1. The zero-order chi connectivity index (χ0) is 17.8. The maximum Gasteiger partial charge on any atom is 0.321 e. The predicted molar refractivity (Wildman–Crippen MR) is 83.5 cm³/mol. The van der Waals surface area contributed by atoms with Gasteiger partial charge in [-0.3, -0.25) is 9.52 Å². The van der Waals surface area contributed by atoms with Crippen molar-refractivity contribution in [2.75, 3.05) is 17.6 Å². The number of carboxylic acids is 1. The van der Waals surface area contributed by atoms with Gasteiger partial charge >= 0.3 is 5.97 Å². The van der Waals surface area contributed by atoms with Crippen LogP contribution >= 0.6 is 0 Å². The van der Waals surface area contributed by atoms with Crippen LogP contribution in [0, 0.1) is 0 Å². The van der Waals surface area contributed by atoms with Crippen molar-refractivity contribution < 1.29 is 31.5 Å². The molecule has 11 heteroatoms. The van der Waals surface area contributed by atoms with E-state index in [-0.39, 0.29) is 17.2 Å². The molecular formula is C12H18N2O7S2. The Morgan fingerprint density at radius 1 is 1.30 bits per heavy atom. The number of sulfonamides is 2. The first-order valence-corrected chi connectivity index (χ1v) is 9.59. The zero-order valence-electron chi connectivity index (χ0n) is 12.7. The lowest BCUT2D eigenvalue weighted by Crippen LogP contribution is -2.38. The molecule has 1 aromatic carbocycles. The molecule has 0 amide bonds. The monoisotopic (exact) mass is 366 g/mol. The molecule has 9 nitrogen and oxygen atoms in total. The second kappa shape index (κ2) is 7.15. The molecule has 0 aromatic heterocycles. The minimum absolute atomic E-state index is 0.226. The quantitative estimate of drug-likeness (QED) is 0.597. The molecule has 1 rings (SSSR count). The lowest BCUT2D eigenvalue weighted by Gasteiger charge is -2.15. The van der Waals surface area contributed by atoms with Gasteiger partial charge in [0.2, 0.25) is 20.0 Å².